The van der Waals surface area contributed by atoms with E-state index in [0.29, 0.717) is 25.3 Å². The Balaban J connectivity index is 0.000000383. The van der Waals surface area contributed by atoms with E-state index in [9.17, 15) is 19.2 Å². The monoisotopic (exact) mass is 1060 g/mol. The third-order valence-corrected chi connectivity index (χ3v) is 17.0. The molecule has 6 unspecified atom stereocenters. The lowest BCUT2D eigenvalue weighted by Gasteiger charge is -2.34. The molecule has 4 aliphatic rings. The standard InChI is InChI=1S/C49H58F2N4O3.C15H25NO3/c1-30(2)40(28-47(56)58-7)49(57)54-22-11-14-44(54)34(6)52-43-25-37(18-16-32(43)4)46-20-19-45(36-17-15-31(3)33(5)24-36)55(46)39-26-41(50)48(42(51)27-39)53-23-21-38(29-53)35-12-9-8-10-13-35;1-9(2)11-7-6-8-12(11)14(17)13(10(3)4)16-15(18)19-5/h8-10,12-13,15-18,24-27,30,38,40,44-46H,11,14,19-23,28-29H2,1-7H3;10-13H,1,6-8H2,2-5H3,(H,16,18)/t38?,40?,44-,45+,46?;/m0./s1. The molecule has 3 heterocycles. The lowest BCUT2D eigenvalue weighted by Crippen LogP contribution is -2.47. The summed E-state index contributed by atoms with van der Waals surface area (Å²) in [4.78, 5) is 61.3. The van der Waals surface area contributed by atoms with Crippen LogP contribution in [0.4, 0.5) is 30.6 Å². The van der Waals surface area contributed by atoms with Crippen LogP contribution in [0.25, 0.3) is 0 Å². The van der Waals surface area contributed by atoms with Gasteiger partial charge in [0.2, 0.25) is 5.91 Å². The second-order valence-electron chi connectivity index (χ2n) is 22.8. The Morgan fingerprint density at radius 3 is 1.95 bits per heavy atom. The highest BCUT2D eigenvalue weighted by atomic mass is 19.1. The number of methoxy groups -OCH3 is 2. The Labute approximate surface area is 456 Å². The zero-order chi connectivity index (χ0) is 55.8. The summed E-state index contributed by atoms with van der Waals surface area (Å²) >= 11 is 0. The molecule has 414 valence electrons. The Morgan fingerprint density at radius 2 is 1.35 bits per heavy atom. The summed E-state index contributed by atoms with van der Waals surface area (Å²) in [6.45, 7) is 23.8. The molecule has 4 aromatic carbocycles. The average molecular weight is 1060 g/mol. The lowest BCUT2D eigenvalue weighted by atomic mass is 9.82. The van der Waals surface area contributed by atoms with Gasteiger partial charge in [0.25, 0.3) is 0 Å². The summed E-state index contributed by atoms with van der Waals surface area (Å²) in [5.41, 5.74) is 10.0. The number of aliphatic imine (C=N–C) groups is 1. The van der Waals surface area contributed by atoms with E-state index in [0.717, 1.165) is 85.0 Å². The highest BCUT2D eigenvalue weighted by Crippen LogP contribution is 2.49. The number of ketones is 1. The zero-order valence-corrected chi connectivity index (χ0v) is 47.5. The van der Waals surface area contributed by atoms with Crippen molar-refractivity contribution < 1.29 is 37.4 Å². The number of anilines is 2. The number of esters is 1. The fourth-order valence-corrected chi connectivity index (χ4v) is 12.4. The number of aryl methyl sites for hydroxylation is 3. The number of rotatable bonds is 16. The molecule has 8 rings (SSSR count). The van der Waals surface area contributed by atoms with Crippen molar-refractivity contribution in [3.8, 4) is 0 Å². The largest absolute Gasteiger partial charge is 0.469 e. The molecule has 77 heavy (non-hydrogen) atoms. The van der Waals surface area contributed by atoms with Gasteiger partial charge < -0.3 is 29.5 Å². The topological polar surface area (TPSA) is 121 Å². The number of amides is 2. The van der Waals surface area contributed by atoms with Crippen LogP contribution in [0.1, 0.15) is 151 Å². The summed E-state index contributed by atoms with van der Waals surface area (Å²) in [7, 11) is 2.66. The highest BCUT2D eigenvalue weighted by Gasteiger charge is 2.41. The second kappa shape index (κ2) is 25.9. The minimum atomic E-state index is -0.545. The first-order valence-electron chi connectivity index (χ1n) is 27.9. The Morgan fingerprint density at radius 1 is 0.714 bits per heavy atom. The van der Waals surface area contributed by atoms with Crippen LogP contribution in [0.2, 0.25) is 0 Å². The highest BCUT2D eigenvalue weighted by molar-refractivity contribution is 5.95. The van der Waals surface area contributed by atoms with Crippen molar-refractivity contribution in [3.05, 3.63) is 136 Å². The molecule has 2 amide bonds. The number of hydrogen-bond donors (Lipinski definition) is 1. The summed E-state index contributed by atoms with van der Waals surface area (Å²) in [5.74, 6) is -1.34. The van der Waals surface area contributed by atoms with Gasteiger partial charge >= 0.3 is 12.1 Å². The number of nitrogens with zero attached hydrogens (tertiary/aromatic N) is 4. The first-order chi connectivity index (χ1) is 36.7. The molecule has 8 atom stereocenters. The van der Waals surface area contributed by atoms with E-state index < -0.39 is 29.7 Å². The molecule has 3 aliphatic heterocycles. The van der Waals surface area contributed by atoms with Gasteiger partial charge in [-0.25, -0.2) is 13.6 Å². The van der Waals surface area contributed by atoms with Crippen molar-refractivity contribution >= 4 is 46.5 Å². The van der Waals surface area contributed by atoms with Gasteiger partial charge in [0.15, 0.2) is 17.4 Å². The van der Waals surface area contributed by atoms with Crippen LogP contribution in [-0.2, 0) is 23.9 Å². The molecule has 0 spiro atoms. The number of Topliss-reactive ketones (excluding diaryl/α,β-unsaturated/α-hetero) is 1. The second-order valence-corrected chi connectivity index (χ2v) is 22.8. The van der Waals surface area contributed by atoms with Gasteiger partial charge in [-0.3, -0.25) is 19.4 Å². The van der Waals surface area contributed by atoms with E-state index in [2.05, 4.69) is 83.9 Å². The zero-order valence-electron chi connectivity index (χ0n) is 47.5. The summed E-state index contributed by atoms with van der Waals surface area (Å²) in [6, 6.07) is 25.2. The molecule has 1 N–H and O–H groups in total. The number of halogens is 2. The van der Waals surface area contributed by atoms with E-state index in [4.69, 9.17) is 9.73 Å². The number of alkyl carbamates (subject to hydrolysis) is 1. The smallest absolute Gasteiger partial charge is 0.407 e. The molecule has 4 aromatic rings. The fourth-order valence-electron chi connectivity index (χ4n) is 12.4. The molecule has 11 nitrogen and oxygen atoms in total. The van der Waals surface area contributed by atoms with E-state index in [1.807, 2.05) is 76.5 Å². The summed E-state index contributed by atoms with van der Waals surface area (Å²) in [6.07, 6.45) is 6.59. The van der Waals surface area contributed by atoms with Crippen LogP contribution in [0.15, 0.2) is 96.0 Å². The minimum Gasteiger partial charge on any atom is -0.469 e. The van der Waals surface area contributed by atoms with Crippen LogP contribution in [0, 0.1) is 62.0 Å². The van der Waals surface area contributed by atoms with Crippen molar-refractivity contribution in [1.82, 2.24) is 10.2 Å². The molecule has 1 aliphatic carbocycles. The van der Waals surface area contributed by atoms with Gasteiger partial charge in [-0.05, 0) is 149 Å². The summed E-state index contributed by atoms with van der Waals surface area (Å²) in [5, 5.41) is 2.66. The van der Waals surface area contributed by atoms with E-state index in [1.54, 1.807) is 0 Å². The van der Waals surface area contributed by atoms with Crippen LogP contribution in [0.5, 0.6) is 0 Å². The predicted octanol–water partition coefficient (Wildman–Crippen LogP) is 13.8. The Bertz CT molecular complexity index is 2770. The maximum absolute atomic E-state index is 16.4. The average Bonchev–Trinajstić information content (AvgIpc) is 4.27. The summed E-state index contributed by atoms with van der Waals surface area (Å²) < 4.78 is 42.4. The maximum atomic E-state index is 16.4. The SMILES string of the molecule is C=C(C)C1CCCC1C(=O)C(NC(=O)OC)C(C)C.COC(=O)CC(C(=O)N1CCC[C@H]1C(C)=Nc1cc(C2CC[C@H](c3ccc(C)c(C)c3)N2c2cc(F)c(N3CCC(c4ccccc4)C3)c(F)c2)ccc1C)C(C)C. The number of likely N-dealkylation sites (tertiary alicyclic amines) is 1. The molecule has 0 bridgehead atoms. The molecule has 0 radical (unpaired) electrons. The van der Waals surface area contributed by atoms with Crippen LogP contribution in [0.3, 0.4) is 0 Å². The minimum absolute atomic E-state index is 0.0120. The quantitative estimate of drug-likeness (QED) is 0.0669. The third kappa shape index (κ3) is 13.5. The fraction of sp³-hybridized carbons (Fsp3) is 0.516. The molecule has 3 saturated heterocycles. The van der Waals surface area contributed by atoms with Gasteiger partial charge in [-0.1, -0.05) is 107 Å². The number of carbonyl (C=O) groups is 4. The van der Waals surface area contributed by atoms with Crippen LogP contribution < -0.4 is 15.1 Å². The number of hydrogen-bond acceptors (Lipinski definition) is 9. The predicted molar refractivity (Wildman–Crippen MR) is 304 cm³/mol. The van der Waals surface area contributed by atoms with Gasteiger partial charge in [-0.2, -0.15) is 0 Å². The molecular weight excluding hydrogens is 973 g/mol. The van der Waals surface area contributed by atoms with Crippen molar-refractivity contribution in [3.63, 3.8) is 0 Å². The number of nitrogens with one attached hydrogen (secondary N) is 1. The first-order valence-corrected chi connectivity index (χ1v) is 27.9. The van der Waals surface area contributed by atoms with Crippen LogP contribution in [-0.4, -0.2) is 80.3 Å². The number of carbonyl (C=O) groups excluding carboxylic acids is 4. The number of benzene rings is 4. The first kappa shape index (κ1) is 58.3. The maximum Gasteiger partial charge on any atom is 0.407 e. The van der Waals surface area contributed by atoms with E-state index in [1.165, 1.54) is 43.0 Å². The number of allylic oxidation sites excluding steroid dienone is 1. The van der Waals surface area contributed by atoms with Gasteiger partial charge in [0, 0.05) is 42.9 Å². The molecule has 13 heteroatoms. The van der Waals surface area contributed by atoms with Crippen molar-refractivity contribution in [2.75, 3.05) is 43.7 Å². The normalized spacial score (nSPS) is 22.2. The van der Waals surface area contributed by atoms with Crippen molar-refractivity contribution in [2.45, 2.75) is 150 Å². The Hall–Kier alpha value is -6.37. The molecule has 4 fully saturated rings. The van der Waals surface area contributed by atoms with Crippen LogP contribution >= 0.6 is 0 Å². The van der Waals surface area contributed by atoms with E-state index in [-0.39, 0.29) is 77.5 Å². The van der Waals surface area contributed by atoms with Crippen molar-refractivity contribution in [1.29, 1.82) is 0 Å². The molecule has 1 saturated carbocycles. The third-order valence-electron chi connectivity index (χ3n) is 17.0. The lowest BCUT2D eigenvalue weighted by molar-refractivity contribution is -0.148. The van der Waals surface area contributed by atoms with Crippen molar-refractivity contribution in [2.24, 2.45) is 34.6 Å². The molecule has 0 aromatic heterocycles. The van der Waals surface area contributed by atoms with Gasteiger partial charge in [-0.15, -0.1) is 0 Å². The van der Waals surface area contributed by atoms with Gasteiger partial charge in [0.1, 0.15) is 5.69 Å². The Kier molecular flexibility index (Phi) is 19.6. The van der Waals surface area contributed by atoms with Gasteiger partial charge in [0.05, 0.1) is 56.4 Å². The van der Waals surface area contributed by atoms with E-state index >= 15 is 8.78 Å². The molecular formula is C64H83F2N5O6. The number of ether oxygens (including phenoxy) is 2.